The Morgan fingerprint density at radius 2 is 1.96 bits per heavy atom. The molecule has 0 radical (unpaired) electrons. The van der Waals surface area contributed by atoms with Gasteiger partial charge in [-0.3, -0.25) is 14.5 Å². The van der Waals surface area contributed by atoms with Crippen molar-refractivity contribution in [2.24, 2.45) is 5.92 Å². The second-order valence-electron chi connectivity index (χ2n) is 6.43. The summed E-state index contributed by atoms with van der Waals surface area (Å²) >= 11 is 1.32. The molecule has 2 aliphatic heterocycles. The molecule has 1 amide bonds. The Kier molecular flexibility index (Phi) is 5.92. The number of rotatable bonds is 5. The van der Waals surface area contributed by atoms with E-state index in [0.717, 1.165) is 44.3 Å². The molecule has 0 aliphatic carbocycles. The van der Waals surface area contributed by atoms with Crippen LogP contribution in [0.2, 0.25) is 0 Å². The van der Waals surface area contributed by atoms with E-state index in [0.29, 0.717) is 13.0 Å². The molecule has 0 bridgehead atoms. The minimum atomic E-state index is 0.119. The Hall–Kier alpha value is -1.37. The van der Waals surface area contributed by atoms with Crippen LogP contribution in [0.4, 0.5) is 5.69 Å². The summed E-state index contributed by atoms with van der Waals surface area (Å²) in [7, 11) is 0. The Bertz CT molecular complexity index is 584. The summed E-state index contributed by atoms with van der Waals surface area (Å²) in [4.78, 5) is 27.6. The molecular weight excluding hydrogens is 324 g/mol. The maximum Gasteiger partial charge on any atom is 0.227 e. The van der Waals surface area contributed by atoms with Crippen molar-refractivity contribution in [1.29, 1.82) is 0 Å². The van der Waals surface area contributed by atoms with Crippen LogP contribution in [0, 0.1) is 5.92 Å². The lowest BCUT2D eigenvalue weighted by molar-refractivity contribution is -0.117. The molecule has 2 aliphatic rings. The molecule has 1 unspecified atom stereocenters. The molecule has 3 rings (SSSR count). The first kappa shape index (κ1) is 17.5. The Labute approximate surface area is 147 Å². The molecule has 2 fully saturated rings. The summed E-state index contributed by atoms with van der Waals surface area (Å²) in [6.45, 7) is 6.77. The second-order valence-corrected chi connectivity index (χ2v) is 7.63. The summed E-state index contributed by atoms with van der Waals surface area (Å²) in [6.07, 6.45) is 0.538. The molecule has 2 saturated heterocycles. The quantitative estimate of drug-likeness (QED) is 0.816. The lowest BCUT2D eigenvalue weighted by Crippen LogP contribution is -2.35. The van der Waals surface area contributed by atoms with Gasteiger partial charge in [-0.15, -0.1) is 0 Å². The number of nitrogens with zero attached hydrogens (tertiary/aromatic N) is 2. The van der Waals surface area contributed by atoms with Crippen molar-refractivity contribution in [3.63, 3.8) is 0 Å². The Balaban J connectivity index is 1.56. The number of amides is 1. The van der Waals surface area contributed by atoms with Gasteiger partial charge in [0.25, 0.3) is 0 Å². The van der Waals surface area contributed by atoms with Gasteiger partial charge in [0, 0.05) is 51.0 Å². The van der Waals surface area contributed by atoms with E-state index in [2.05, 4.69) is 17.0 Å². The van der Waals surface area contributed by atoms with Crippen LogP contribution in [0.5, 0.6) is 0 Å². The summed E-state index contributed by atoms with van der Waals surface area (Å²) in [5.74, 6) is 1.15. The number of benzene rings is 1. The van der Waals surface area contributed by atoms with Crippen LogP contribution in [-0.2, 0) is 20.9 Å². The van der Waals surface area contributed by atoms with Gasteiger partial charge in [-0.1, -0.05) is 23.9 Å². The van der Waals surface area contributed by atoms with Crippen molar-refractivity contribution in [2.75, 3.05) is 43.5 Å². The Morgan fingerprint density at radius 3 is 2.62 bits per heavy atom. The number of carbonyl (C=O) groups is 2. The molecule has 0 saturated carbocycles. The third-order valence-corrected chi connectivity index (χ3v) is 5.53. The van der Waals surface area contributed by atoms with Gasteiger partial charge in [-0.25, -0.2) is 0 Å². The molecule has 0 spiro atoms. The molecule has 6 heteroatoms. The summed E-state index contributed by atoms with van der Waals surface area (Å²) in [6, 6.07) is 8.29. The third-order valence-electron chi connectivity index (χ3n) is 4.49. The molecular formula is C18H24N2O3S. The van der Waals surface area contributed by atoms with E-state index in [4.69, 9.17) is 4.74 Å². The van der Waals surface area contributed by atoms with Gasteiger partial charge in [0.15, 0.2) is 5.12 Å². The number of thioether (sulfide) groups is 1. The zero-order valence-corrected chi connectivity index (χ0v) is 14.9. The molecule has 5 nitrogen and oxygen atoms in total. The predicted molar refractivity (Wildman–Crippen MR) is 96.1 cm³/mol. The van der Waals surface area contributed by atoms with E-state index in [9.17, 15) is 9.59 Å². The number of hydrogen-bond donors (Lipinski definition) is 0. The van der Waals surface area contributed by atoms with Crippen LogP contribution >= 0.6 is 11.8 Å². The average molecular weight is 348 g/mol. The highest BCUT2D eigenvalue weighted by molar-refractivity contribution is 8.13. The number of anilines is 1. The average Bonchev–Trinajstić information content (AvgIpc) is 2.96. The first-order valence-electron chi connectivity index (χ1n) is 8.44. The number of ether oxygens (including phenoxy) is 1. The lowest BCUT2D eigenvalue weighted by atomic mass is 10.1. The SMILES string of the molecule is CC(=O)SCC1CC(=O)N(c2ccc(CN3CCOCC3)cc2)C1. The lowest BCUT2D eigenvalue weighted by Gasteiger charge is -2.26. The van der Waals surface area contributed by atoms with Crippen LogP contribution in [0.15, 0.2) is 24.3 Å². The van der Waals surface area contributed by atoms with Gasteiger partial charge in [-0.05, 0) is 23.6 Å². The van der Waals surface area contributed by atoms with Crippen molar-refractivity contribution in [2.45, 2.75) is 19.9 Å². The topological polar surface area (TPSA) is 49.9 Å². The molecule has 2 heterocycles. The highest BCUT2D eigenvalue weighted by Gasteiger charge is 2.30. The van der Waals surface area contributed by atoms with Gasteiger partial charge >= 0.3 is 0 Å². The van der Waals surface area contributed by atoms with Crippen molar-refractivity contribution in [1.82, 2.24) is 4.90 Å². The fraction of sp³-hybridized carbons (Fsp3) is 0.556. The standard InChI is InChI=1S/C18H24N2O3S/c1-14(21)24-13-16-10-18(22)20(12-16)17-4-2-15(3-5-17)11-19-6-8-23-9-7-19/h2-5,16H,6-13H2,1H3. The van der Waals surface area contributed by atoms with E-state index in [-0.39, 0.29) is 16.9 Å². The maximum absolute atomic E-state index is 12.2. The highest BCUT2D eigenvalue weighted by Crippen LogP contribution is 2.27. The number of hydrogen-bond acceptors (Lipinski definition) is 5. The van der Waals surface area contributed by atoms with Crippen LogP contribution in [0.25, 0.3) is 0 Å². The minimum absolute atomic E-state index is 0.119. The maximum atomic E-state index is 12.2. The molecule has 0 aromatic heterocycles. The smallest absolute Gasteiger partial charge is 0.227 e. The fourth-order valence-corrected chi connectivity index (χ4v) is 3.87. The highest BCUT2D eigenvalue weighted by atomic mass is 32.2. The zero-order valence-electron chi connectivity index (χ0n) is 14.1. The Morgan fingerprint density at radius 1 is 1.25 bits per heavy atom. The van der Waals surface area contributed by atoms with Gasteiger partial charge in [-0.2, -0.15) is 0 Å². The van der Waals surface area contributed by atoms with Gasteiger partial charge in [0.05, 0.1) is 13.2 Å². The predicted octanol–water partition coefficient (Wildman–Crippen LogP) is 2.15. The first-order valence-corrected chi connectivity index (χ1v) is 9.43. The fourth-order valence-electron chi connectivity index (χ4n) is 3.18. The van der Waals surface area contributed by atoms with Crippen LogP contribution in [0.3, 0.4) is 0 Å². The van der Waals surface area contributed by atoms with E-state index in [1.54, 1.807) is 6.92 Å². The first-order chi connectivity index (χ1) is 11.6. The molecule has 0 N–H and O–H groups in total. The second kappa shape index (κ2) is 8.14. The number of morpholine rings is 1. The normalized spacial score (nSPS) is 22.1. The van der Waals surface area contributed by atoms with Crippen LogP contribution < -0.4 is 4.90 Å². The summed E-state index contributed by atoms with van der Waals surface area (Å²) < 4.78 is 5.37. The van der Waals surface area contributed by atoms with E-state index < -0.39 is 0 Å². The van der Waals surface area contributed by atoms with Crippen molar-refractivity contribution < 1.29 is 14.3 Å². The van der Waals surface area contributed by atoms with Crippen molar-refractivity contribution >= 4 is 28.5 Å². The van der Waals surface area contributed by atoms with Gasteiger partial charge in [0.1, 0.15) is 0 Å². The van der Waals surface area contributed by atoms with E-state index in [1.807, 2.05) is 17.0 Å². The van der Waals surface area contributed by atoms with E-state index in [1.165, 1.54) is 17.3 Å². The van der Waals surface area contributed by atoms with Gasteiger partial charge < -0.3 is 9.64 Å². The minimum Gasteiger partial charge on any atom is -0.379 e. The molecule has 24 heavy (non-hydrogen) atoms. The summed E-state index contributed by atoms with van der Waals surface area (Å²) in [5.41, 5.74) is 2.22. The monoisotopic (exact) mass is 348 g/mol. The largest absolute Gasteiger partial charge is 0.379 e. The third kappa shape index (κ3) is 4.59. The van der Waals surface area contributed by atoms with E-state index >= 15 is 0 Å². The molecule has 130 valence electrons. The number of carbonyl (C=O) groups excluding carboxylic acids is 2. The van der Waals surface area contributed by atoms with Gasteiger partial charge in [0.2, 0.25) is 5.91 Å². The molecule has 1 aromatic carbocycles. The molecule has 1 aromatic rings. The summed E-state index contributed by atoms with van der Waals surface area (Å²) in [5, 5.41) is 0.119. The van der Waals surface area contributed by atoms with Crippen LogP contribution in [0.1, 0.15) is 18.9 Å². The van der Waals surface area contributed by atoms with Crippen molar-refractivity contribution in [3.8, 4) is 0 Å². The zero-order chi connectivity index (χ0) is 16.9. The van der Waals surface area contributed by atoms with Crippen LogP contribution in [-0.4, -0.2) is 54.5 Å². The molecule has 1 atom stereocenters. The van der Waals surface area contributed by atoms with Crippen molar-refractivity contribution in [3.05, 3.63) is 29.8 Å².